The summed E-state index contributed by atoms with van der Waals surface area (Å²) in [5.74, 6) is 1.16. The fourth-order valence-electron chi connectivity index (χ4n) is 2.00. The van der Waals surface area contributed by atoms with E-state index >= 15 is 0 Å². The molecule has 4 heteroatoms. The van der Waals surface area contributed by atoms with E-state index in [9.17, 15) is 4.79 Å². The van der Waals surface area contributed by atoms with Gasteiger partial charge in [0.2, 0.25) is 5.91 Å². The van der Waals surface area contributed by atoms with E-state index in [4.69, 9.17) is 0 Å². The molecule has 1 aromatic rings. The SMILES string of the molecule is Cc1cc(NC(=O)C2CCC2)n(C(C)(C)C)n1. The van der Waals surface area contributed by atoms with Crippen LogP contribution in [0.5, 0.6) is 0 Å². The highest BCUT2D eigenvalue weighted by Crippen LogP contribution is 2.28. The van der Waals surface area contributed by atoms with Crippen LogP contribution < -0.4 is 5.32 Å². The van der Waals surface area contributed by atoms with Crippen molar-refractivity contribution in [2.45, 2.75) is 52.5 Å². The number of hydrogen-bond acceptors (Lipinski definition) is 2. The largest absolute Gasteiger partial charge is 0.311 e. The van der Waals surface area contributed by atoms with Gasteiger partial charge >= 0.3 is 0 Å². The van der Waals surface area contributed by atoms with E-state index in [0.717, 1.165) is 24.4 Å². The molecular weight excluding hydrogens is 214 g/mol. The van der Waals surface area contributed by atoms with Gasteiger partial charge in [0.25, 0.3) is 0 Å². The van der Waals surface area contributed by atoms with Crippen LogP contribution in [0.4, 0.5) is 5.82 Å². The Labute approximate surface area is 102 Å². The molecule has 1 aliphatic carbocycles. The summed E-state index contributed by atoms with van der Waals surface area (Å²) in [5, 5.41) is 7.44. The summed E-state index contributed by atoms with van der Waals surface area (Å²) >= 11 is 0. The summed E-state index contributed by atoms with van der Waals surface area (Å²) in [4.78, 5) is 11.9. The summed E-state index contributed by atoms with van der Waals surface area (Å²) in [7, 11) is 0. The summed E-state index contributed by atoms with van der Waals surface area (Å²) in [5.41, 5.74) is 0.820. The third kappa shape index (κ3) is 2.51. The Bertz CT molecular complexity index is 424. The summed E-state index contributed by atoms with van der Waals surface area (Å²) in [6.45, 7) is 8.19. The van der Waals surface area contributed by atoms with E-state index in [-0.39, 0.29) is 17.4 Å². The van der Waals surface area contributed by atoms with Crippen molar-refractivity contribution >= 4 is 11.7 Å². The fourth-order valence-corrected chi connectivity index (χ4v) is 2.00. The van der Waals surface area contributed by atoms with Gasteiger partial charge in [-0.1, -0.05) is 6.42 Å². The first-order valence-electron chi connectivity index (χ1n) is 6.26. The zero-order chi connectivity index (χ0) is 12.6. The van der Waals surface area contributed by atoms with Crippen molar-refractivity contribution in [1.29, 1.82) is 0 Å². The second kappa shape index (κ2) is 4.17. The van der Waals surface area contributed by atoms with Crippen LogP contribution in [-0.4, -0.2) is 15.7 Å². The number of aryl methyl sites for hydroxylation is 1. The van der Waals surface area contributed by atoms with Crippen LogP contribution in [0.25, 0.3) is 0 Å². The number of nitrogens with zero attached hydrogens (tertiary/aromatic N) is 2. The molecule has 0 bridgehead atoms. The smallest absolute Gasteiger partial charge is 0.228 e. The van der Waals surface area contributed by atoms with E-state index in [2.05, 4.69) is 31.2 Å². The third-order valence-corrected chi connectivity index (χ3v) is 3.19. The van der Waals surface area contributed by atoms with Gasteiger partial charge in [0.15, 0.2) is 0 Å². The molecule has 1 aliphatic rings. The Morgan fingerprint density at radius 3 is 2.59 bits per heavy atom. The second-order valence-corrected chi connectivity index (χ2v) is 5.87. The first kappa shape index (κ1) is 12.1. The van der Waals surface area contributed by atoms with Crippen LogP contribution in [0.15, 0.2) is 6.07 Å². The van der Waals surface area contributed by atoms with Crippen molar-refractivity contribution in [3.8, 4) is 0 Å². The monoisotopic (exact) mass is 235 g/mol. The first-order chi connectivity index (χ1) is 7.88. The Morgan fingerprint density at radius 1 is 1.47 bits per heavy atom. The predicted octanol–water partition coefficient (Wildman–Crippen LogP) is 2.69. The lowest BCUT2D eigenvalue weighted by Crippen LogP contribution is -2.31. The van der Waals surface area contributed by atoms with Gasteiger partial charge in [-0.3, -0.25) is 4.79 Å². The quantitative estimate of drug-likeness (QED) is 0.856. The molecule has 0 unspecified atom stereocenters. The predicted molar refractivity (Wildman–Crippen MR) is 67.9 cm³/mol. The molecule has 0 atom stereocenters. The van der Waals surface area contributed by atoms with Gasteiger partial charge in [-0.2, -0.15) is 5.10 Å². The lowest BCUT2D eigenvalue weighted by Gasteiger charge is -2.26. The number of carbonyl (C=O) groups is 1. The molecule has 0 aliphatic heterocycles. The summed E-state index contributed by atoms with van der Waals surface area (Å²) < 4.78 is 1.89. The molecule has 1 heterocycles. The minimum absolute atomic E-state index is 0.115. The van der Waals surface area contributed by atoms with Crippen LogP contribution in [0.1, 0.15) is 45.7 Å². The zero-order valence-electron chi connectivity index (χ0n) is 11.1. The van der Waals surface area contributed by atoms with Crippen molar-refractivity contribution in [2.24, 2.45) is 5.92 Å². The Hall–Kier alpha value is -1.32. The second-order valence-electron chi connectivity index (χ2n) is 5.87. The molecule has 2 rings (SSSR count). The highest BCUT2D eigenvalue weighted by Gasteiger charge is 2.27. The van der Waals surface area contributed by atoms with Crippen molar-refractivity contribution in [3.63, 3.8) is 0 Å². The Kier molecular flexibility index (Phi) is 2.98. The molecule has 1 aromatic heterocycles. The zero-order valence-corrected chi connectivity index (χ0v) is 11.1. The topological polar surface area (TPSA) is 46.9 Å². The molecule has 1 fully saturated rings. The van der Waals surface area contributed by atoms with E-state index in [1.807, 2.05) is 17.7 Å². The maximum Gasteiger partial charge on any atom is 0.228 e. The lowest BCUT2D eigenvalue weighted by molar-refractivity contribution is -0.122. The molecule has 0 saturated heterocycles. The van der Waals surface area contributed by atoms with E-state index in [0.29, 0.717) is 0 Å². The number of nitrogens with one attached hydrogen (secondary N) is 1. The first-order valence-corrected chi connectivity index (χ1v) is 6.26. The maximum absolute atomic E-state index is 11.9. The van der Waals surface area contributed by atoms with Crippen molar-refractivity contribution in [2.75, 3.05) is 5.32 Å². The highest BCUT2D eigenvalue weighted by molar-refractivity contribution is 5.92. The van der Waals surface area contributed by atoms with Crippen LogP contribution >= 0.6 is 0 Å². The molecule has 17 heavy (non-hydrogen) atoms. The van der Waals surface area contributed by atoms with E-state index < -0.39 is 0 Å². The van der Waals surface area contributed by atoms with Gasteiger partial charge in [0.1, 0.15) is 5.82 Å². The Balaban J connectivity index is 2.17. The van der Waals surface area contributed by atoms with Gasteiger partial charge in [-0.15, -0.1) is 0 Å². The van der Waals surface area contributed by atoms with Crippen LogP contribution in [-0.2, 0) is 10.3 Å². The van der Waals surface area contributed by atoms with Gasteiger partial charge < -0.3 is 5.32 Å². The van der Waals surface area contributed by atoms with Crippen molar-refractivity contribution in [1.82, 2.24) is 9.78 Å². The lowest BCUT2D eigenvalue weighted by atomic mass is 9.85. The minimum atomic E-state index is -0.115. The average Bonchev–Trinajstić information content (AvgIpc) is 2.42. The molecule has 0 spiro atoms. The molecular formula is C13H21N3O. The average molecular weight is 235 g/mol. The Morgan fingerprint density at radius 2 is 2.12 bits per heavy atom. The number of anilines is 1. The van der Waals surface area contributed by atoms with Gasteiger partial charge in [-0.05, 0) is 40.5 Å². The third-order valence-electron chi connectivity index (χ3n) is 3.19. The molecule has 0 aromatic carbocycles. The number of aromatic nitrogens is 2. The van der Waals surface area contributed by atoms with Crippen LogP contribution in [0.3, 0.4) is 0 Å². The molecule has 94 valence electrons. The fraction of sp³-hybridized carbons (Fsp3) is 0.692. The van der Waals surface area contributed by atoms with Crippen LogP contribution in [0, 0.1) is 12.8 Å². The van der Waals surface area contributed by atoms with Crippen molar-refractivity contribution < 1.29 is 4.79 Å². The highest BCUT2D eigenvalue weighted by atomic mass is 16.2. The molecule has 4 nitrogen and oxygen atoms in total. The van der Waals surface area contributed by atoms with E-state index in [1.165, 1.54) is 6.42 Å². The van der Waals surface area contributed by atoms with Crippen molar-refractivity contribution in [3.05, 3.63) is 11.8 Å². The molecule has 1 N–H and O–H groups in total. The number of hydrogen-bond donors (Lipinski definition) is 1. The minimum Gasteiger partial charge on any atom is -0.311 e. The van der Waals surface area contributed by atoms with Gasteiger partial charge in [0, 0.05) is 12.0 Å². The molecule has 1 amide bonds. The standard InChI is InChI=1S/C13H21N3O/c1-9-8-11(16(15-9)13(2,3)4)14-12(17)10-6-5-7-10/h8,10H,5-7H2,1-4H3,(H,14,17). The van der Waals surface area contributed by atoms with Crippen LogP contribution in [0.2, 0.25) is 0 Å². The normalized spacial score (nSPS) is 16.7. The number of carbonyl (C=O) groups excluding carboxylic acids is 1. The van der Waals surface area contributed by atoms with Gasteiger partial charge in [-0.25, -0.2) is 4.68 Å². The van der Waals surface area contributed by atoms with Gasteiger partial charge in [0.05, 0.1) is 11.2 Å². The molecule has 0 radical (unpaired) electrons. The summed E-state index contributed by atoms with van der Waals surface area (Å²) in [6, 6.07) is 1.93. The summed E-state index contributed by atoms with van der Waals surface area (Å²) in [6.07, 6.45) is 3.22. The number of amides is 1. The van der Waals surface area contributed by atoms with E-state index in [1.54, 1.807) is 0 Å². The number of rotatable bonds is 2. The molecule has 1 saturated carbocycles. The maximum atomic E-state index is 11.9.